The first-order valence-electron chi connectivity index (χ1n) is 5.26. The predicted octanol–water partition coefficient (Wildman–Crippen LogP) is -2.14. The molecule has 0 fully saturated rings. The Balaban J connectivity index is 0.00000361. The van der Waals surface area contributed by atoms with Crippen LogP contribution in [0.5, 0.6) is 0 Å². The molecular weight excluding hydrogens is 299 g/mol. The van der Waals surface area contributed by atoms with Crippen LogP contribution in [0.1, 0.15) is 12.8 Å². The molecule has 0 aliphatic carbocycles. The van der Waals surface area contributed by atoms with Crippen molar-refractivity contribution < 1.29 is 52.2 Å². The summed E-state index contributed by atoms with van der Waals surface area (Å²) in [4.78, 5) is 21.2. The summed E-state index contributed by atoms with van der Waals surface area (Å²) in [6.07, 6.45) is -0.177. The molecule has 0 unspecified atom stereocenters. The molecule has 0 radical (unpaired) electrons. The molecular formula is C10H11N2NaO6S. The van der Waals surface area contributed by atoms with Crippen LogP contribution in [0.2, 0.25) is 0 Å². The molecule has 0 spiro atoms. The zero-order valence-electron chi connectivity index (χ0n) is 10.7. The van der Waals surface area contributed by atoms with Gasteiger partial charge in [0.2, 0.25) is 5.91 Å². The van der Waals surface area contributed by atoms with Crippen LogP contribution in [0.15, 0.2) is 24.3 Å². The summed E-state index contributed by atoms with van der Waals surface area (Å²) in [5, 5.41) is 12.8. The summed E-state index contributed by atoms with van der Waals surface area (Å²) in [6.45, 7) is 0. The van der Waals surface area contributed by atoms with Crippen molar-refractivity contribution in [2.75, 3.05) is 11.1 Å². The minimum Gasteiger partial charge on any atom is -0.748 e. The van der Waals surface area contributed by atoms with Crippen molar-refractivity contribution >= 4 is 27.4 Å². The Kier molecular flexibility index (Phi) is 7.91. The molecule has 20 heavy (non-hydrogen) atoms. The smallest absolute Gasteiger partial charge is 0.748 e. The second-order valence-corrected chi connectivity index (χ2v) is 5.24. The van der Waals surface area contributed by atoms with Gasteiger partial charge >= 0.3 is 29.6 Å². The molecule has 0 aliphatic rings. The van der Waals surface area contributed by atoms with E-state index >= 15 is 0 Å². The number of carbonyl (C=O) groups excluding carboxylic acids is 1. The van der Waals surface area contributed by atoms with Crippen LogP contribution >= 0.6 is 0 Å². The maximum absolute atomic E-state index is 11.4. The number of rotatable bonds is 6. The third-order valence-electron chi connectivity index (χ3n) is 2.16. The number of nitro benzene ring substituents is 1. The Hall–Kier alpha value is -1.00. The molecule has 104 valence electrons. The normalized spacial score (nSPS) is 10.4. The van der Waals surface area contributed by atoms with Crippen LogP contribution in [-0.4, -0.2) is 29.6 Å². The standard InChI is InChI=1S/C10H12N2O6S.Na/c13-10(2-1-7-19(16,17)18)11-8-3-5-9(6-4-8)12(14)15;/h3-6H,1-2,7H2,(H,11,13)(H,16,17,18);/q;+1/p-1. The van der Waals surface area contributed by atoms with Crippen molar-refractivity contribution in [1.29, 1.82) is 0 Å². The molecule has 8 nitrogen and oxygen atoms in total. The molecule has 0 bridgehead atoms. The molecule has 0 saturated carbocycles. The van der Waals surface area contributed by atoms with E-state index in [4.69, 9.17) is 0 Å². The number of hydrogen-bond acceptors (Lipinski definition) is 6. The van der Waals surface area contributed by atoms with Gasteiger partial charge in [-0.15, -0.1) is 0 Å². The fourth-order valence-corrected chi connectivity index (χ4v) is 1.80. The first-order chi connectivity index (χ1) is 8.78. The van der Waals surface area contributed by atoms with Gasteiger partial charge in [0.05, 0.1) is 15.0 Å². The van der Waals surface area contributed by atoms with Crippen molar-refractivity contribution in [2.24, 2.45) is 0 Å². The topological polar surface area (TPSA) is 129 Å². The van der Waals surface area contributed by atoms with Gasteiger partial charge in [-0.05, 0) is 18.6 Å². The van der Waals surface area contributed by atoms with Crippen LogP contribution < -0.4 is 34.9 Å². The molecule has 0 saturated heterocycles. The van der Waals surface area contributed by atoms with E-state index in [1.807, 2.05) is 0 Å². The summed E-state index contributed by atoms with van der Waals surface area (Å²) >= 11 is 0. The predicted molar refractivity (Wildman–Crippen MR) is 65.5 cm³/mol. The van der Waals surface area contributed by atoms with E-state index in [1.54, 1.807) is 0 Å². The summed E-state index contributed by atoms with van der Waals surface area (Å²) < 4.78 is 31.0. The van der Waals surface area contributed by atoms with Crippen LogP contribution in [0.4, 0.5) is 11.4 Å². The van der Waals surface area contributed by atoms with E-state index in [2.05, 4.69) is 5.32 Å². The summed E-state index contributed by atoms with van der Waals surface area (Å²) in [5.74, 6) is -1.06. The van der Waals surface area contributed by atoms with Gasteiger partial charge in [-0.2, -0.15) is 0 Å². The number of nitrogens with one attached hydrogen (secondary N) is 1. The maximum atomic E-state index is 11.4. The van der Waals surface area contributed by atoms with E-state index in [0.29, 0.717) is 5.69 Å². The second-order valence-electron chi connectivity index (χ2n) is 3.72. The van der Waals surface area contributed by atoms with Crippen molar-refractivity contribution in [3.8, 4) is 0 Å². The largest absolute Gasteiger partial charge is 1.00 e. The minimum atomic E-state index is -4.31. The molecule has 1 rings (SSSR count). The Morgan fingerprint density at radius 3 is 2.25 bits per heavy atom. The molecule has 0 atom stereocenters. The number of carbonyl (C=O) groups is 1. The quantitative estimate of drug-likeness (QED) is 0.276. The Morgan fingerprint density at radius 1 is 1.25 bits per heavy atom. The number of amides is 1. The van der Waals surface area contributed by atoms with Gasteiger partial charge < -0.3 is 9.87 Å². The van der Waals surface area contributed by atoms with Gasteiger partial charge in [0, 0.05) is 30.0 Å². The molecule has 1 aromatic carbocycles. The average molecular weight is 310 g/mol. The monoisotopic (exact) mass is 310 g/mol. The zero-order valence-corrected chi connectivity index (χ0v) is 13.6. The van der Waals surface area contributed by atoms with Crippen molar-refractivity contribution in [2.45, 2.75) is 12.8 Å². The SMILES string of the molecule is O=C(CCCS(=O)(=O)[O-])Nc1ccc([N+](=O)[O-])cc1.[Na+]. The first kappa shape index (κ1) is 19.0. The van der Waals surface area contributed by atoms with Gasteiger partial charge in [-0.25, -0.2) is 8.42 Å². The van der Waals surface area contributed by atoms with Crippen LogP contribution in [0.25, 0.3) is 0 Å². The third-order valence-corrected chi connectivity index (χ3v) is 2.95. The molecule has 1 aromatic rings. The van der Waals surface area contributed by atoms with Crippen molar-refractivity contribution in [1.82, 2.24) is 0 Å². The fraction of sp³-hybridized carbons (Fsp3) is 0.300. The fourth-order valence-electron chi connectivity index (χ4n) is 1.30. The van der Waals surface area contributed by atoms with E-state index in [9.17, 15) is 27.9 Å². The number of nitro groups is 1. The number of nitrogens with zero attached hydrogens (tertiary/aromatic N) is 1. The summed E-state index contributed by atoms with van der Waals surface area (Å²) in [7, 11) is -4.31. The van der Waals surface area contributed by atoms with Crippen molar-refractivity contribution in [3.05, 3.63) is 34.4 Å². The van der Waals surface area contributed by atoms with Crippen LogP contribution in [0, 0.1) is 10.1 Å². The second kappa shape index (κ2) is 8.32. The van der Waals surface area contributed by atoms with Gasteiger partial charge in [0.15, 0.2) is 0 Å². The molecule has 1 amide bonds. The molecule has 0 aliphatic heterocycles. The molecule has 10 heteroatoms. The maximum Gasteiger partial charge on any atom is 1.00 e. The Bertz CT molecular complexity index is 572. The van der Waals surface area contributed by atoms with Crippen molar-refractivity contribution in [3.63, 3.8) is 0 Å². The van der Waals surface area contributed by atoms with Gasteiger partial charge in [0.1, 0.15) is 0 Å². The average Bonchev–Trinajstić information content (AvgIpc) is 2.27. The number of benzene rings is 1. The number of hydrogen-bond donors (Lipinski definition) is 1. The van der Waals surface area contributed by atoms with Gasteiger partial charge in [-0.3, -0.25) is 14.9 Å². The summed E-state index contributed by atoms with van der Waals surface area (Å²) in [6, 6.07) is 5.19. The van der Waals surface area contributed by atoms with Crippen LogP contribution in [0.3, 0.4) is 0 Å². The van der Waals surface area contributed by atoms with Crippen LogP contribution in [-0.2, 0) is 14.9 Å². The first-order valence-corrected chi connectivity index (χ1v) is 6.83. The van der Waals surface area contributed by atoms with E-state index in [1.165, 1.54) is 24.3 Å². The molecule has 1 N–H and O–H groups in total. The van der Waals surface area contributed by atoms with Gasteiger partial charge in [0.25, 0.3) is 5.69 Å². The van der Waals surface area contributed by atoms with E-state index in [0.717, 1.165) is 0 Å². The number of non-ortho nitro benzene ring substituents is 1. The van der Waals surface area contributed by atoms with Gasteiger partial charge in [-0.1, -0.05) is 0 Å². The van der Waals surface area contributed by atoms with E-state index in [-0.39, 0.29) is 48.1 Å². The van der Waals surface area contributed by atoms with E-state index < -0.39 is 26.7 Å². The Labute approximate surface area is 137 Å². The molecule has 0 heterocycles. The number of anilines is 1. The minimum absolute atomic E-state index is 0. The summed E-state index contributed by atoms with van der Waals surface area (Å²) in [5.41, 5.74) is 0.260. The third kappa shape index (κ3) is 7.56. The zero-order chi connectivity index (χ0) is 14.5. The Morgan fingerprint density at radius 2 is 1.80 bits per heavy atom. The molecule has 0 aromatic heterocycles.